The second kappa shape index (κ2) is 13.6. The number of hydrogen-bond acceptors (Lipinski definition) is 5. The van der Waals surface area contributed by atoms with E-state index in [0.29, 0.717) is 33.2 Å². The van der Waals surface area contributed by atoms with Gasteiger partial charge in [-0.2, -0.15) is 0 Å². The second-order valence-corrected chi connectivity index (χ2v) is 11.9. The van der Waals surface area contributed by atoms with Crippen molar-refractivity contribution in [2.24, 2.45) is 4.99 Å². The minimum atomic E-state index is -0.141. The molecule has 1 heterocycles. The lowest BCUT2D eigenvalue weighted by Gasteiger charge is -2.16. The number of carbonyl (C=O) groups excluding carboxylic acids is 1. The number of ether oxygens (including phenoxy) is 2. The molecule has 0 N–H and O–H groups in total. The molecule has 0 aromatic heterocycles. The summed E-state index contributed by atoms with van der Waals surface area (Å²) in [6.07, 6.45) is 3.73. The number of amides is 1. The molecule has 0 bridgehead atoms. The van der Waals surface area contributed by atoms with Crippen LogP contribution in [0.25, 0.3) is 6.08 Å². The van der Waals surface area contributed by atoms with E-state index >= 15 is 0 Å². The molecule has 214 valence electrons. The van der Waals surface area contributed by atoms with Crippen molar-refractivity contribution < 1.29 is 14.3 Å². The zero-order chi connectivity index (χ0) is 29.6. The summed E-state index contributed by atoms with van der Waals surface area (Å²) in [5.74, 6) is 0.967. The van der Waals surface area contributed by atoms with E-state index in [0.717, 1.165) is 39.8 Å². The van der Waals surface area contributed by atoms with Crippen molar-refractivity contribution in [3.63, 3.8) is 0 Å². The molecular formula is C34H30BrClN2O3S. The van der Waals surface area contributed by atoms with E-state index in [1.807, 2.05) is 78.9 Å². The average Bonchev–Trinajstić information content (AvgIpc) is 3.31. The number of anilines is 1. The van der Waals surface area contributed by atoms with Gasteiger partial charge in [0.2, 0.25) is 0 Å². The normalized spacial score (nSPS) is 15.1. The van der Waals surface area contributed by atoms with Crippen molar-refractivity contribution in [2.45, 2.75) is 33.3 Å². The lowest BCUT2D eigenvalue weighted by Crippen LogP contribution is -2.28. The Hall–Kier alpha value is -3.52. The zero-order valence-electron chi connectivity index (χ0n) is 23.6. The predicted octanol–water partition coefficient (Wildman–Crippen LogP) is 9.62. The maximum Gasteiger partial charge on any atom is 0.271 e. The SMILES string of the molecule is CCc1ccc(N=C2S/C(=C\c3cc(OC)c(OCc4ccccc4Cl)cc3Br)C(=O)N2c2ccc(CC)cc2)cc1. The average molecular weight is 662 g/mol. The van der Waals surface area contributed by atoms with Crippen LogP contribution in [0, 0.1) is 0 Å². The molecule has 0 saturated carbocycles. The van der Waals surface area contributed by atoms with Crippen LogP contribution in [-0.4, -0.2) is 18.2 Å². The number of methoxy groups -OCH3 is 1. The quantitative estimate of drug-likeness (QED) is 0.168. The first kappa shape index (κ1) is 30.0. The summed E-state index contributed by atoms with van der Waals surface area (Å²) in [6.45, 7) is 4.52. The molecule has 1 saturated heterocycles. The van der Waals surface area contributed by atoms with Gasteiger partial charge in [-0.25, -0.2) is 4.99 Å². The molecule has 0 spiro atoms. The molecular weight excluding hydrogens is 632 g/mol. The van der Waals surface area contributed by atoms with Crippen molar-refractivity contribution in [3.05, 3.63) is 122 Å². The lowest BCUT2D eigenvalue weighted by molar-refractivity contribution is -0.113. The Kier molecular flexibility index (Phi) is 9.73. The van der Waals surface area contributed by atoms with E-state index in [1.54, 1.807) is 12.0 Å². The van der Waals surface area contributed by atoms with Crippen LogP contribution < -0.4 is 14.4 Å². The van der Waals surface area contributed by atoms with Crippen LogP contribution in [0.15, 0.2) is 99.3 Å². The largest absolute Gasteiger partial charge is 0.493 e. The number of rotatable bonds is 9. The first-order valence-corrected chi connectivity index (χ1v) is 15.6. The molecule has 1 aliphatic rings. The van der Waals surface area contributed by atoms with E-state index in [9.17, 15) is 4.79 Å². The summed E-state index contributed by atoms with van der Waals surface area (Å²) in [5.41, 5.74) is 5.66. The highest BCUT2D eigenvalue weighted by molar-refractivity contribution is 9.10. The Morgan fingerprint density at radius 1 is 0.929 bits per heavy atom. The van der Waals surface area contributed by atoms with Gasteiger partial charge in [0.1, 0.15) is 6.61 Å². The zero-order valence-corrected chi connectivity index (χ0v) is 26.7. The first-order chi connectivity index (χ1) is 20.4. The highest BCUT2D eigenvalue weighted by Gasteiger charge is 2.35. The first-order valence-electron chi connectivity index (χ1n) is 13.6. The monoisotopic (exact) mass is 660 g/mol. The Morgan fingerprint density at radius 3 is 2.24 bits per heavy atom. The molecule has 42 heavy (non-hydrogen) atoms. The fraction of sp³-hybridized carbons (Fsp3) is 0.176. The molecule has 4 aromatic carbocycles. The van der Waals surface area contributed by atoms with Crippen molar-refractivity contribution in [3.8, 4) is 11.5 Å². The van der Waals surface area contributed by atoms with Crippen LogP contribution in [0.4, 0.5) is 11.4 Å². The number of aliphatic imine (C=N–C) groups is 1. The van der Waals surface area contributed by atoms with Crippen molar-refractivity contribution >= 4 is 67.8 Å². The summed E-state index contributed by atoms with van der Waals surface area (Å²) >= 11 is 11.3. The molecule has 5 nitrogen and oxygen atoms in total. The van der Waals surface area contributed by atoms with Gasteiger partial charge >= 0.3 is 0 Å². The standard InChI is InChI=1S/C34H30BrClN2O3S/c1-4-22-10-14-26(15-11-22)37-34-38(27-16-12-23(5-2)13-17-27)33(39)32(42-34)19-25-18-30(40-3)31(20-28(25)35)41-21-24-8-6-7-9-29(24)36/h6-20H,4-5,21H2,1-3H3/b32-19-,37-34?. The van der Waals surface area contributed by atoms with Crippen LogP contribution in [0.1, 0.15) is 36.1 Å². The fourth-order valence-corrected chi connectivity index (χ4v) is 6.04. The summed E-state index contributed by atoms with van der Waals surface area (Å²) < 4.78 is 12.5. The van der Waals surface area contributed by atoms with Crippen molar-refractivity contribution in [1.82, 2.24) is 0 Å². The van der Waals surface area contributed by atoms with Gasteiger partial charge in [0.05, 0.1) is 23.4 Å². The Labute approximate surface area is 264 Å². The van der Waals surface area contributed by atoms with Crippen LogP contribution in [0.5, 0.6) is 11.5 Å². The maximum absolute atomic E-state index is 13.9. The van der Waals surface area contributed by atoms with Gasteiger partial charge in [0.25, 0.3) is 5.91 Å². The third-order valence-electron chi connectivity index (χ3n) is 6.89. The number of nitrogens with zero attached hydrogens (tertiary/aromatic N) is 2. The van der Waals surface area contributed by atoms with E-state index in [2.05, 4.69) is 41.9 Å². The summed E-state index contributed by atoms with van der Waals surface area (Å²) in [7, 11) is 1.59. The number of carbonyl (C=O) groups is 1. The third kappa shape index (κ3) is 6.75. The Balaban J connectivity index is 1.48. The molecule has 8 heteroatoms. The number of benzene rings is 4. The van der Waals surface area contributed by atoms with E-state index in [1.165, 1.54) is 22.9 Å². The molecule has 0 aliphatic carbocycles. The number of aryl methyl sites for hydroxylation is 2. The molecule has 1 fully saturated rings. The number of hydrogen-bond donors (Lipinski definition) is 0. The topological polar surface area (TPSA) is 51.1 Å². The van der Waals surface area contributed by atoms with Crippen molar-refractivity contribution in [1.29, 1.82) is 0 Å². The van der Waals surface area contributed by atoms with Crippen molar-refractivity contribution in [2.75, 3.05) is 12.0 Å². The molecule has 4 aromatic rings. The highest BCUT2D eigenvalue weighted by Crippen LogP contribution is 2.40. The number of thioether (sulfide) groups is 1. The Bertz CT molecular complexity index is 1650. The van der Waals surface area contributed by atoms with Gasteiger partial charge in [0, 0.05) is 15.1 Å². The minimum absolute atomic E-state index is 0.141. The molecule has 0 radical (unpaired) electrons. The molecule has 1 amide bonds. The molecule has 5 rings (SSSR count). The smallest absolute Gasteiger partial charge is 0.271 e. The predicted molar refractivity (Wildman–Crippen MR) is 178 cm³/mol. The van der Waals surface area contributed by atoms with Gasteiger partial charge in [0.15, 0.2) is 16.7 Å². The van der Waals surface area contributed by atoms with E-state index < -0.39 is 0 Å². The van der Waals surface area contributed by atoms with Crippen LogP contribution >= 0.6 is 39.3 Å². The van der Waals surface area contributed by atoms with E-state index in [-0.39, 0.29) is 5.91 Å². The van der Waals surface area contributed by atoms with Gasteiger partial charge in [-0.1, -0.05) is 83.8 Å². The van der Waals surface area contributed by atoms with E-state index in [4.69, 9.17) is 26.1 Å². The number of halogens is 2. The fourth-order valence-electron chi connectivity index (χ4n) is 4.42. The molecule has 0 atom stereocenters. The minimum Gasteiger partial charge on any atom is -0.493 e. The van der Waals surface area contributed by atoms with Gasteiger partial charge in [-0.3, -0.25) is 9.69 Å². The van der Waals surface area contributed by atoms with Crippen LogP contribution in [-0.2, 0) is 24.2 Å². The highest BCUT2D eigenvalue weighted by atomic mass is 79.9. The number of amidine groups is 1. The van der Waals surface area contributed by atoms with Crippen LogP contribution in [0.3, 0.4) is 0 Å². The van der Waals surface area contributed by atoms with Gasteiger partial charge in [-0.05, 0) is 89.8 Å². The van der Waals surface area contributed by atoms with Gasteiger partial charge < -0.3 is 9.47 Å². The Morgan fingerprint density at radius 2 is 1.60 bits per heavy atom. The molecule has 1 aliphatic heterocycles. The summed E-state index contributed by atoms with van der Waals surface area (Å²) in [5, 5.41) is 1.24. The maximum atomic E-state index is 13.9. The summed E-state index contributed by atoms with van der Waals surface area (Å²) in [6, 6.07) is 27.4. The van der Waals surface area contributed by atoms with Gasteiger partial charge in [-0.15, -0.1) is 0 Å². The second-order valence-electron chi connectivity index (χ2n) is 9.59. The third-order valence-corrected chi connectivity index (χ3v) is 8.91. The lowest BCUT2D eigenvalue weighted by atomic mass is 10.1. The molecule has 0 unspecified atom stereocenters. The van der Waals surface area contributed by atoms with Crippen LogP contribution in [0.2, 0.25) is 5.02 Å². The summed E-state index contributed by atoms with van der Waals surface area (Å²) in [4.78, 5) is 21.0.